The molecule has 0 unspecified atom stereocenters. The Labute approximate surface area is 142 Å². The number of hydrogen-bond donors (Lipinski definition) is 4. The third-order valence-corrected chi connectivity index (χ3v) is 2.56. The highest BCUT2D eigenvalue weighted by Crippen LogP contribution is 2.13. The third-order valence-electron chi connectivity index (χ3n) is 2.56. The Morgan fingerprint density at radius 3 is 2.20 bits per heavy atom. The number of hydrogen-bond acceptors (Lipinski definition) is 5. The average Bonchev–Trinajstić information content (AvgIpc) is 2.50. The van der Waals surface area contributed by atoms with Crippen LogP contribution in [0, 0.1) is 0 Å². The highest BCUT2D eigenvalue weighted by molar-refractivity contribution is 5.73. The summed E-state index contributed by atoms with van der Waals surface area (Å²) in [5.41, 5.74) is 5.33. The van der Waals surface area contributed by atoms with Crippen molar-refractivity contribution in [3.63, 3.8) is 0 Å². The van der Waals surface area contributed by atoms with E-state index in [4.69, 9.17) is 25.5 Å². The number of alkyl carbamates (subject to hydrolysis) is 1. The molecule has 0 aliphatic heterocycles. The summed E-state index contributed by atoms with van der Waals surface area (Å²) in [6.07, 6.45) is -0.419. The van der Waals surface area contributed by atoms with Crippen molar-refractivity contribution in [3.8, 4) is 0 Å². The van der Waals surface area contributed by atoms with E-state index in [1.807, 2.05) is 0 Å². The van der Waals surface area contributed by atoms with Crippen LogP contribution in [-0.2, 0) is 14.3 Å². The monoisotopic (exact) mass is 372 g/mol. The second kappa shape index (κ2) is 14.1. The minimum absolute atomic E-state index is 0.377. The molecule has 5 N–H and O–H groups in total. The summed E-state index contributed by atoms with van der Waals surface area (Å²) in [6, 6.07) is -0.823. The van der Waals surface area contributed by atoms with Gasteiger partial charge in [0.1, 0.15) is 6.04 Å². The van der Waals surface area contributed by atoms with Gasteiger partial charge < -0.3 is 26.0 Å². The van der Waals surface area contributed by atoms with Gasteiger partial charge in [-0.1, -0.05) is 6.08 Å². The predicted molar refractivity (Wildman–Crippen MR) is 81.9 cm³/mol. The van der Waals surface area contributed by atoms with Crippen LogP contribution in [-0.4, -0.2) is 53.6 Å². The molecule has 0 rings (SSSR count). The van der Waals surface area contributed by atoms with E-state index in [0.29, 0.717) is 32.4 Å². The van der Waals surface area contributed by atoms with Crippen LogP contribution in [0.1, 0.15) is 32.1 Å². The van der Waals surface area contributed by atoms with Gasteiger partial charge in [-0.05, 0) is 32.1 Å². The van der Waals surface area contributed by atoms with E-state index in [-0.39, 0.29) is 0 Å². The molecule has 25 heavy (non-hydrogen) atoms. The van der Waals surface area contributed by atoms with Crippen LogP contribution < -0.4 is 11.1 Å². The first-order valence-corrected chi connectivity index (χ1v) is 7.32. The summed E-state index contributed by atoms with van der Waals surface area (Å²) >= 11 is 0. The second-order valence-corrected chi connectivity index (χ2v) is 4.74. The fourth-order valence-electron chi connectivity index (χ4n) is 1.25. The minimum Gasteiger partial charge on any atom is -0.480 e. The first-order valence-electron chi connectivity index (χ1n) is 7.32. The molecular formula is C14H23F3N2O6. The fraction of sp³-hybridized carbons (Fsp3) is 0.643. The number of amides is 1. The molecule has 0 aromatic rings. The first-order chi connectivity index (χ1) is 11.5. The molecule has 0 fully saturated rings. The second-order valence-electron chi connectivity index (χ2n) is 4.74. The molecular weight excluding hydrogens is 349 g/mol. The van der Waals surface area contributed by atoms with Gasteiger partial charge in [-0.15, -0.1) is 6.58 Å². The van der Waals surface area contributed by atoms with E-state index in [0.717, 1.165) is 12.8 Å². The lowest BCUT2D eigenvalue weighted by molar-refractivity contribution is -0.192. The van der Waals surface area contributed by atoms with Gasteiger partial charge in [0.25, 0.3) is 0 Å². The Kier molecular flexibility index (Phi) is 14.0. The molecule has 0 bridgehead atoms. The zero-order chi connectivity index (χ0) is 19.9. The van der Waals surface area contributed by atoms with Gasteiger partial charge in [0.05, 0.1) is 6.61 Å². The van der Waals surface area contributed by atoms with Gasteiger partial charge in [0.2, 0.25) is 0 Å². The number of aliphatic carboxylic acids is 2. The van der Waals surface area contributed by atoms with Crippen molar-refractivity contribution < 1.29 is 42.5 Å². The zero-order valence-corrected chi connectivity index (χ0v) is 13.6. The van der Waals surface area contributed by atoms with E-state index in [1.54, 1.807) is 6.08 Å². The van der Waals surface area contributed by atoms with Crippen molar-refractivity contribution in [2.24, 2.45) is 5.73 Å². The Bertz CT molecular complexity index is 429. The maximum absolute atomic E-state index is 11.1. The van der Waals surface area contributed by atoms with Crippen molar-refractivity contribution in [2.75, 3.05) is 13.2 Å². The lowest BCUT2D eigenvalue weighted by Gasteiger charge is -2.07. The number of nitrogens with two attached hydrogens (primary N) is 1. The van der Waals surface area contributed by atoms with E-state index < -0.39 is 30.2 Å². The van der Waals surface area contributed by atoms with Crippen molar-refractivity contribution >= 4 is 18.0 Å². The number of carboxylic acid groups (broad SMARTS) is 2. The first kappa shape index (κ1) is 24.9. The topological polar surface area (TPSA) is 139 Å². The average molecular weight is 372 g/mol. The van der Waals surface area contributed by atoms with Crippen LogP contribution in [0.2, 0.25) is 0 Å². The Balaban J connectivity index is 0. The molecule has 11 heteroatoms. The molecule has 1 amide bonds. The number of unbranched alkanes of at least 4 members (excludes halogenated alkanes) is 2. The molecule has 0 aliphatic rings. The molecule has 146 valence electrons. The number of ether oxygens (including phenoxy) is 1. The normalized spacial score (nSPS) is 11.5. The van der Waals surface area contributed by atoms with Crippen LogP contribution >= 0.6 is 0 Å². The number of nitrogens with one attached hydrogen (secondary N) is 1. The lowest BCUT2D eigenvalue weighted by atomic mass is 10.1. The third kappa shape index (κ3) is 17.9. The van der Waals surface area contributed by atoms with E-state index in [9.17, 15) is 22.8 Å². The van der Waals surface area contributed by atoms with Gasteiger partial charge in [0.15, 0.2) is 0 Å². The Morgan fingerprint density at radius 1 is 1.20 bits per heavy atom. The summed E-state index contributed by atoms with van der Waals surface area (Å²) in [4.78, 5) is 30.5. The van der Waals surface area contributed by atoms with Crippen LogP contribution in [0.15, 0.2) is 12.7 Å². The summed E-state index contributed by atoms with van der Waals surface area (Å²) in [6.45, 7) is 4.41. The van der Waals surface area contributed by atoms with Gasteiger partial charge in [-0.3, -0.25) is 4.79 Å². The van der Waals surface area contributed by atoms with Crippen LogP contribution in [0.5, 0.6) is 0 Å². The highest BCUT2D eigenvalue weighted by Gasteiger charge is 2.38. The molecule has 0 saturated carbocycles. The Morgan fingerprint density at radius 2 is 1.76 bits per heavy atom. The van der Waals surface area contributed by atoms with E-state index in [1.165, 1.54) is 0 Å². The van der Waals surface area contributed by atoms with Gasteiger partial charge in [0, 0.05) is 6.54 Å². The molecule has 0 aliphatic carbocycles. The fourth-order valence-corrected chi connectivity index (χ4v) is 1.25. The number of alkyl halides is 3. The van der Waals surface area contributed by atoms with Gasteiger partial charge in [-0.2, -0.15) is 13.2 Å². The number of carbonyl (C=O) groups is 3. The maximum Gasteiger partial charge on any atom is 0.490 e. The maximum atomic E-state index is 11.1. The van der Waals surface area contributed by atoms with E-state index >= 15 is 0 Å². The number of rotatable bonds is 10. The summed E-state index contributed by atoms with van der Waals surface area (Å²) in [5.74, 6) is -3.75. The van der Waals surface area contributed by atoms with Crippen molar-refractivity contribution in [2.45, 2.75) is 44.3 Å². The number of carbonyl (C=O) groups excluding carboxylic acids is 1. The molecule has 0 aromatic heterocycles. The van der Waals surface area contributed by atoms with Crippen LogP contribution in [0.4, 0.5) is 18.0 Å². The molecule has 0 heterocycles. The van der Waals surface area contributed by atoms with Crippen molar-refractivity contribution in [3.05, 3.63) is 12.7 Å². The molecule has 0 aromatic carbocycles. The van der Waals surface area contributed by atoms with Crippen molar-refractivity contribution in [1.82, 2.24) is 5.32 Å². The quantitative estimate of drug-likeness (QED) is 0.339. The van der Waals surface area contributed by atoms with Crippen LogP contribution in [0.25, 0.3) is 0 Å². The summed E-state index contributed by atoms with van der Waals surface area (Å²) in [7, 11) is 0. The SMILES string of the molecule is C=CCCCOC(=O)NCCCC[C@H](N)C(=O)O.O=C(O)C(F)(F)F. The van der Waals surface area contributed by atoms with Gasteiger partial charge >= 0.3 is 24.2 Å². The summed E-state index contributed by atoms with van der Waals surface area (Å²) in [5, 5.41) is 18.3. The zero-order valence-electron chi connectivity index (χ0n) is 13.6. The van der Waals surface area contributed by atoms with Crippen molar-refractivity contribution in [1.29, 1.82) is 0 Å². The number of halogens is 3. The molecule has 0 saturated heterocycles. The summed E-state index contributed by atoms with van der Waals surface area (Å²) < 4.78 is 36.6. The largest absolute Gasteiger partial charge is 0.490 e. The predicted octanol–water partition coefficient (Wildman–Crippen LogP) is 1.89. The minimum atomic E-state index is -5.08. The number of carboxylic acids is 2. The Hall–Kier alpha value is -2.30. The van der Waals surface area contributed by atoms with Crippen LogP contribution in [0.3, 0.4) is 0 Å². The standard InChI is InChI=1S/C12H22N2O4.C2HF3O2/c1-2-3-6-9-18-12(17)14-8-5-4-7-10(13)11(15)16;3-2(4,5)1(6)7/h2,10H,1,3-9,13H2,(H,14,17)(H,15,16);(H,6,7)/t10-;/m0./s1. The smallest absolute Gasteiger partial charge is 0.480 e. The number of allylic oxidation sites excluding steroid dienone is 1. The molecule has 0 spiro atoms. The van der Waals surface area contributed by atoms with Gasteiger partial charge in [-0.25, -0.2) is 9.59 Å². The lowest BCUT2D eigenvalue weighted by Crippen LogP contribution is -2.30. The molecule has 0 radical (unpaired) electrons. The highest BCUT2D eigenvalue weighted by atomic mass is 19.4. The molecule has 8 nitrogen and oxygen atoms in total. The molecule has 1 atom stereocenters. The van der Waals surface area contributed by atoms with E-state index in [2.05, 4.69) is 11.9 Å².